The minimum atomic E-state index is -4.22. The van der Waals surface area contributed by atoms with Gasteiger partial charge in [0.15, 0.2) is 5.82 Å². The molecule has 5 rings (SSSR count). The summed E-state index contributed by atoms with van der Waals surface area (Å²) < 4.78 is 55.4. The second-order valence-electron chi connectivity index (χ2n) is 10.5. The summed E-state index contributed by atoms with van der Waals surface area (Å²) >= 11 is 0. The fourth-order valence-electron chi connectivity index (χ4n) is 5.00. The molecule has 2 aliphatic rings. The van der Waals surface area contributed by atoms with Gasteiger partial charge in [0.2, 0.25) is 10.0 Å². The predicted octanol–water partition coefficient (Wildman–Crippen LogP) is 3.17. The molecule has 1 amide bonds. The highest BCUT2D eigenvalue weighted by atomic mass is 32.2. The number of benzene rings is 2. The second-order valence-corrected chi connectivity index (χ2v) is 12.4. The smallest absolute Gasteiger partial charge is 0.256 e. The average molecular weight is 545 g/mol. The third kappa shape index (κ3) is 5.03. The van der Waals surface area contributed by atoms with E-state index < -0.39 is 32.0 Å². The highest BCUT2D eigenvalue weighted by Gasteiger charge is 2.41. The van der Waals surface area contributed by atoms with E-state index in [1.807, 2.05) is 26.0 Å². The number of piperazine rings is 1. The molecule has 3 aromatic rings. The molecule has 202 valence electrons. The summed E-state index contributed by atoms with van der Waals surface area (Å²) in [6.07, 6.45) is 0. The largest absolute Gasteiger partial charge is 0.369 e. The zero-order valence-corrected chi connectivity index (χ0v) is 22.3. The van der Waals surface area contributed by atoms with Crippen molar-refractivity contribution in [2.24, 2.45) is 0 Å². The molecular formula is C26H30F2N6O3S. The topological polar surface area (TPSA) is 102 Å². The summed E-state index contributed by atoms with van der Waals surface area (Å²) in [6, 6.07) is 9.54. The van der Waals surface area contributed by atoms with Crippen LogP contribution in [0.15, 0.2) is 47.4 Å². The number of anilines is 2. The molecule has 12 heteroatoms. The molecule has 1 aromatic heterocycles. The number of carbonyl (C=O) groups is 1. The number of sulfonamides is 1. The van der Waals surface area contributed by atoms with Crippen molar-refractivity contribution in [3.05, 3.63) is 70.9 Å². The third-order valence-corrected chi connectivity index (χ3v) is 8.92. The van der Waals surface area contributed by atoms with Crippen LogP contribution in [-0.2, 0) is 22.0 Å². The summed E-state index contributed by atoms with van der Waals surface area (Å²) in [6.45, 7) is 7.39. The Labute approximate surface area is 220 Å². The van der Waals surface area contributed by atoms with E-state index in [9.17, 15) is 22.0 Å². The normalized spacial score (nSPS) is 18.3. The van der Waals surface area contributed by atoms with E-state index in [1.165, 1.54) is 0 Å². The Bertz CT molecular complexity index is 1440. The Morgan fingerprint density at radius 2 is 1.66 bits per heavy atom. The summed E-state index contributed by atoms with van der Waals surface area (Å²) in [7, 11) is -2.13. The second kappa shape index (κ2) is 9.75. The number of nitrogens with zero attached hydrogens (tertiary/aromatic N) is 4. The van der Waals surface area contributed by atoms with Gasteiger partial charge in [-0.15, -0.1) is 0 Å². The van der Waals surface area contributed by atoms with Crippen LogP contribution in [0.5, 0.6) is 0 Å². The predicted molar refractivity (Wildman–Crippen MR) is 140 cm³/mol. The van der Waals surface area contributed by atoms with Gasteiger partial charge in [-0.3, -0.25) is 9.89 Å². The number of aromatic amines is 1. The number of aromatic nitrogens is 2. The van der Waals surface area contributed by atoms with Crippen LogP contribution in [0.4, 0.5) is 20.3 Å². The molecule has 0 aliphatic carbocycles. The van der Waals surface area contributed by atoms with E-state index in [-0.39, 0.29) is 24.8 Å². The first kappa shape index (κ1) is 26.3. The minimum absolute atomic E-state index is 0.0593. The first-order valence-electron chi connectivity index (χ1n) is 12.3. The Balaban J connectivity index is 1.36. The number of hydrogen-bond acceptors (Lipinski definition) is 6. The quantitative estimate of drug-likeness (QED) is 0.512. The van der Waals surface area contributed by atoms with Crippen molar-refractivity contribution in [3.63, 3.8) is 0 Å². The Kier molecular flexibility index (Phi) is 6.74. The number of fused-ring (bicyclic) bond motifs is 1. The molecule has 0 atom stereocenters. The van der Waals surface area contributed by atoms with Crippen LogP contribution in [0.1, 0.15) is 35.5 Å². The maximum absolute atomic E-state index is 13.8. The van der Waals surface area contributed by atoms with Gasteiger partial charge in [-0.1, -0.05) is 13.8 Å². The maximum Gasteiger partial charge on any atom is 0.256 e. The molecule has 0 bridgehead atoms. The monoisotopic (exact) mass is 544 g/mol. The molecule has 0 unspecified atom stereocenters. The van der Waals surface area contributed by atoms with Crippen molar-refractivity contribution in [1.29, 1.82) is 0 Å². The number of likely N-dealkylation sites (N-methyl/N-ethyl adjacent to an activating group) is 1. The lowest BCUT2D eigenvalue weighted by Crippen LogP contribution is -2.45. The molecule has 2 aliphatic heterocycles. The number of rotatable bonds is 5. The third-order valence-electron chi connectivity index (χ3n) is 7.15. The number of nitrogens with one attached hydrogen (secondary N) is 2. The number of amides is 1. The molecule has 0 spiro atoms. The van der Waals surface area contributed by atoms with Gasteiger partial charge in [0.05, 0.1) is 4.90 Å². The first-order chi connectivity index (χ1) is 17.9. The summed E-state index contributed by atoms with van der Waals surface area (Å²) in [5, 5.41) is 10.0. The van der Waals surface area contributed by atoms with Crippen molar-refractivity contribution < 1.29 is 22.0 Å². The van der Waals surface area contributed by atoms with Gasteiger partial charge >= 0.3 is 0 Å². The zero-order valence-electron chi connectivity index (χ0n) is 21.5. The van der Waals surface area contributed by atoms with E-state index in [2.05, 4.69) is 32.4 Å². The minimum Gasteiger partial charge on any atom is -0.369 e. The molecule has 1 saturated heterocycles. The number of H-pyrrole nitrogens is 1. The van der Waals surface area contributed by atoms with E-state index in [0.717, 1.165) is 48.3 Å². The molecule has 2 aromatic carbocycles. The van der Waals surface area contributed by atoms with Gasteiger partial charge in [-0.25, -0.2) is 17.2 Å². The summed E-state index contributed by atoms with van der Waals surface area (Å²) in [5.41, 5.74) is 1.98. The van der Waals surface area contributed by atoms with Crippen LogP contribution in [0.25, 0.3) is 0 Å². The number of carbonyl (C=O) groups excluding carboxylic acids is 1. The van der Waals surface area contributed by atoms with E-state index in [1.54, 1.807) is 12.1 Å². The van der Waals surface area contributed by atoms with Crippen LogP contribution in [-0.4, -0.2) is 73.5 Å². The highest BCUT2D eigenvalue weighted by Crippen LogP contribution is 2.38. The lowest BCUT2D eigenvalue weighted by molar-refractivity contribution is 0.102. The van der Waals surface area contributed by atoms with Crippen LogP contribution < -0.4 is 10.2 Å². The standard InChI is InChI=1S/C26H30F2N6O3S/c1-26(2)16-34(38(36,37)21-13-18(27)12-19(28)14-21)15-22-23(26)30-31-24(22)29-25(35)17-4-6-20(7-5-17)33-10-8-32(3)9-11-33/h4-7,12-14H,8-11,15-16H2,1-3H3,(H2,29,30,31,35). The van der Waals surface area contributed by atoms with E-state index >= 15 is 0 Å². The zero-order chi connectivity index (χ0) is 27.2. The van der Waals surface area contributed by atoms with Gasteiger partial charge in [0.1, 0.15) is 11.6 Å². The van der Waals surface area contributed by atoms with Crippen LogP contribution in [0.2, 0.25) is 0 Å². The molecular weight excluding hydrogens is 514 g/mol. The fourth-order valence-corrected chi connectivity index (χ4v) is 6.61. The van der Waals surface area contributed by atoms with Gasteiger partial charge < -0.3 is 15.1 Å². The van der Waals surface area contributed by atoms with Gasteiger partial charge in [-0.05, 0) is 43.4 Å². The molecule has 0 saturated carbocycles. The molecule has 1 fully saturated rings. The lowest BCUT2D eigenvalue weighted by Gasteiger charge is -2.36. The van der Waals surface area contributed by atoms with Crippen molar-refractivity contribution >= 4 is 27.4 Å². The van der Waals surface area contributed by atoms with Crippen molar-refractivity contribution in [1.82, 2.24) is 19.4 Å². The fraction of sp³-hybridized carbons (Fsp3) is 0.385. The Morgan fingerprint density at radius 1 is 1.03 bits per heavy atom. The molecule has 2 N–H and O–H groups in total. The average Bonchev–Trinajstić information content (AvgIpc) is 3.27. The molecule has 3 heterocycles. The molecule has 9 nitrogen and oxygen atoms in total. The van der Waals surface area contributed by atoms with Crippen molar-refractivity contribution in [3.8, 4) is 0 Å². The van der Waals surface area contributed by atoms with E-state index in [4.69, 9.17) is 0 Å². The van der Waals surface area contributed by atoms with Gasteiger partial charge in [0.25, 0.3) is 5.91 Å². The van der Waals surface area contributed by atoms with Crippen molar-refractivity contribution in [2.75, 3.05) is 50.0 Å². The highest BCUT2D eigenvalue weighted by molar-refractivity contribution is 7.89. The number of halogens is 2. The Morgan fingerprint density at radius 3 is 2.29 bits per heavy atom. The molecule has 0 radical (unpaired) electrons. The SMILES string of the molecule is CN1CCN(c2ccc(C(=O)Nc3n[nH]c4c3CN(S(=O)(=O)c3cc(F)cc(F)c3)CC4(C)C)cc2)CC1. The maximum atomic E-state index is 13.8. The van der Waals surface area contributed by atoms with Gasteiger partial charge in [-0.2, -0.15) is 9.40 Å². The Hall–Kier alpha value is -3.35. The first-order valence-corrected chi connectivity index (χ1v) is 13.8. The van der Waals surface area contributed by atoms with Crippen LogP contribution in [0, 0.1) is 11.6 Å². The number of hydrogen-bond donors (Lipinski definition) is 2. The van der Waals surface area contributed by atoms with Crippen LogP contribution in [0.3, 0.4) is 0 Å². The van der Waals surface area contributed by atoms with Crippen molar-refractivity contribution in [2.45, 2.75) is 30.7 Å². The summed E-state index contributed by atoms with van der Waals surface area (Å²) in [4.78, 5) is 17.1. The van der Waals surface area contributed by atoms with Gasteiger partial charge in [0, 0.05) is 73.3 Å². The van der Waals surface area contributed by atoms with E-state index in [0.29, 0.717) is 22.9 Å². The lowest BCUT2D eigenvalue weighted by atomic mass is 9.84. The van der Waals surface area contributed by atoms with Crippen LogP contribution >= 0.6 is 0 Å². The molecule has 38 heavy (non-hydrogen) atoms. The summed E-state index contributed by atoms with van der Waals surface area (Å²) in [5.74, 6) is -2.12.